The van der Waals surface area contributed by atoms with Gasteiger partial charge in [0.05, 0.1) is 17.9 Å². The number of β-amino-alcohol motifs (C(OH)–C–C–N with tert-alkyl or cyclic N) is 1. The van der Waals surface area contributed by atoms with Gasteiger partial charge in [-0.1, -0.05) is 23.4 Å². The lowest BCUT2D eigenvalue weighted by Gasteiger charge is -2.34. The number of nitrogens with zero attached hydrogens (tertiary/aromatic N) is 5. The molecule has 0 spiro atoms. The van der Waals surface area contributed by atoms with E-state index >= 15 is 0 Å². The number of aryl methyl sites for hydroxylation is 1. The van der Waals surface area contributed by atoms with Crippen molar-refractivity contribution < 1.29 is 18.3 Å². The van der Waals surface area contributed by atoms with Crippen LogP contribution >= 0.6 is 23.4 Å². The highest BCUT2D eigenvalue weighted by molar-refractivity contribution is 7.99. The third-order valence-corrected chi connectivity index (χ3v) is 6.65. The van der Waals surface area contributed by atoms with E-state index in [0.29, 0.717) is 41.3 Å². The van der Waals surface area contributed by atoms with E-state index in [-0.39, 0.29) is 18.2 Å². The number of hydrogen-bond acceptors (Lipinski definition) is 8. The SMILES string of the molecule is Cc1nc(Nc2ccc(Sc3ccc(Cl)cc3)cc2C(F)(F)F)nc(N2CCN(CCO)CC2)n1. The molecular formula is C23H24ClF3N6OS. The molecule has 35 heavy (non-hydrogen) atoms. The van der Waals surface area contributed by atoms with E-state index in [1.807, 2.05) is 4.90 Å². The van der Waals surface area contributed by atoms with Gasteiger partial charge in [0.15, 0.2) is 0 Å². The van der Waals surface area contributed by atoms with E-state index in [0.717, 1.165) is 24.1 Å². The Morgan fingerprint density at radius 3 is 2.34 bits per heavy atom. The molecule has 1 fully saturated rings. The normalized spacial score (nSPS) is 14.9. The second kappa shape index (κ2) is 11.0. The maximum absolute atomic E-state index is 13.9. The lowest BCUT2D eigenvalue weighted by atomic mass is 10.1. The summed E-state index contributed by atoms with van der Waals surface area (Å²) in [6, 6.07) is 11.0. The standard InChI is InChI=1S/C23H24ClF3N6OS/c1-15-28-21(31-22(29-15)33-10-8-32(9-11-33)12-13-34)30-20-7-6-18(14-19(20)23(25,26)27)35-17-4-2-16(24)3-5-17/h2-7,14,34H,8-13H2,1H3,(H,28,29,30,31). The summed E-state index contributed by atoms with van der Waals surface area (Å²) in [4.78, 5) is 18.3. The van der Waals surface area contributed by atoms with Crippen LogP contribution in [0.15, 0.2) is 52.3 Å². The van der Waals surface area contributed by atoms with Gasteiger partial charge in [-0.05, 0) is 49.4 Å². The molecule has 186 valence electrons. The van der Waals surface area contributed by atoms with Crippen LogP contribution in [0.1, 0.15) is 11.4 Å². The number of hydrogen-bond donors (Lipinski definition) is 2. The number of aromatic nitrogens is 3. The van der Waals surface area contributed by atoms with Crippen molar-refractivity contribution in [3.63, 3.8) is 0 Å². The van der Waals surface area contributed by atoms with Crippen molar-refractivity contribution >= 4 is 40.9 Å². The number of benzene rings is 2. The summed E-state index contributed by atoms with van der Waals surface area (Å²) < 4.78 is 41.8. The van der Waals surface area contributed by atoms with Crippen LogP contribution in [0.5, 0.6) is 0 Å². The Labute approximate surface area is 210 Å². The van der Waals surface area contributed by atoms with E-state index in [2.05, 4.69) is 25.2 Å². The summed E-state index contributed by atoms with van der Waals surface area (Å²) in [6.45, 7) is 5.13. The van der Waals surface area contributed by atoms with Crippen LogP contribution in [-0.4, -0.2) is 64.3 Å². The Morgan fingerprint density at radius 2 is 1.69 bits per heavy atom. The predicted molar refractivity (Wildman–Crippen MR) is 131 cm³/mol. The summed E-state index contributed by atoms with van der Waals surface area (Å²) in [5, 5.41) is 12.4. The number of halogens is 4. The van der Waals surface area contributed by atoms with Crippen LogP contribution in [0.3, 0.4) is 0 Å². The minimum absolute atomic E-state index is 0.0499. The molecule has 1 saturated heterocycles. The van der Waals surface area contributed by atoms with Crippen molar-refractivity contribution in [2.24, 2.45) is 0 Å². The maximum atomic E-state index is 13.9. The zero-order valence-electron chi connectivity index (χ0n) is 18.9. The number of rotatable bonds is 7. The molecule has 3 aromatic rings. The molecule has 2 aromatic carbocycles. The van der Waals surface area contributed by atoms with Crippen LogP contribution in [0.25, 0.3) is 0 Å². The molecule has 7 nitrogen and oxygen atoms in total. The van der Waals surface area contributed by atoms with Gasteiger partial charge in [-0.3, -0.25) is 4.90 Å². The first-order valence-corrected chi connectivity index (χ1v) is 12.1. The van der Waals surface area contributed by atoms with Crippen molar-refractivity contribution in [1.82, 2.24) is 19.9 Å². The van der Waals surface area contributed by atoms with E-state index in [1.54, 1.807) is 37.3 Å². The molecule has 12 heteroatoms. The Bertz CT molecular complexity index is 1160. The van der Waals surface area contributed by atoms with Crippen LogP contribution in [0.4, 0.5) is 30.8 Å². The highest BCUT2D eigenvalue weighted by atomic mass is 35.5. The van der Waals surface area contributed by atoms with Crippen LogP contribution < -0.4 is 10.2 Å². The first-order chi connectivity index (χ1) is 16.7. The zero-order valence-corrected chi connectivity index (χ0v) is 20.5. The third-order valence-electron chi connectivity index (χ3n) is 5.40. The minimum Gasteiger partial charge on any atom is -0.395 e. The van der Waals surface area contributed by atoms with Gasteiger partial charge in [0.25, 0.3) is 0 Å². The molecule has 1 aliphatic rings. The number of piperazine rings is 1. The van der Waals surface area contributed by atoms with Crippen molar-refractivity contribution in [2.45, 2.75) is 22.9 Å². The van der Waals surface area contributed by atoms with E-state index in [4.69, 9.17) is 16.7 Å². The third kappa shape index (κ3) is 6.75. The van der Waals surface area contributed by atoms with Crippen LogP contribution in [0, 0.1) is 6.92 Å². The highest BCUT2D eigenvalue weighted by Gasteiger charge is 2.34. The second-order valence-corrected chi connectivity index (χ2v) is 9.53. The lowest BCUT2D eigenvalue weighted by Crippen LogP contribution is -2.47. The van der Waals surface area contributed by atoms with Crippen molar-refractivity contribution in [3.8, 4) is 0 Å². The second-order valence-electron chi connectivity index (χ2n) is 7.94. The fourth-order valence-corrected chi connectivity index (χ4v) is 4.65. The monoisotopic (exact) mass is 524 g/mol. The van der Waals surface area contributed by atoms with E-state index < -0.39 is 11.7 Å². The first kappa shape index (κ1) is 25.5. The lowest BCUT2D eigenvalue weighted by molar-refractivity contribution is -0.137. The fraction of sp³-hybridized carbons (Fsp3) is 0.348. The summed E-state index contributed by atoms with van der Waals surface area (Å²) in [7, 11) is 0. The molecular weight excluding hydrogens is 501 g/mol. The predicted octanol–water partition coefficient (Wildman–Crippen LogP) is 4.86. The van der Waals surface area contributed by atoms with Crippen molar-refractivity contribution in [3.05, 3.63) is 58.9 Å². The number of nitrogens with one attached hydrogen (secondary N) is 1. The van der Waals surface area contributed by atoms with Crippen LogP contribution in [-0.2, 0) is 6.18 Å². The van der Waals surface area contributed by atoms with Crippen LogP contribution in [0.2, 0.25) is 5.02 Å². The molecule has 0 saturated carbocycles. The molecule has 2 heterocycles. The van der Waals surface area contributed by atoms with Crippen molar-refractivity contribution in [2.75, 3.05) is 49.5 Å². The average Bonchev–Trinajstić information content (AvgIpc) is 2.81. The quantitative estimate of drug-likeness (QED) is 0.454. The molecule has 0 amide bonds. The van der Waals surface area contributed by atoms with Gasteiger partial charge in [-0.15, -0.1) is 0 Å². The number of aliphatic hydroxyl groups excluding tert-OH is 1. The Morgan fingerprint density at radius 1 is 1.00 bits per heavy atom. The topological polar surface area (TPSA) is 77.4 Å². The molecule has 0 atom stereocenters. The molecule has 4 rings (SSSR count). The summed E-state index contributed by atoms with van der Waals surface area (Å²) in [5.41, 5.74) is -0.948. The minimum atomic E-state index is -4.58. The van der Waals surface area contributed by atoms with Gasteiger partial charge in [-0.25, -0.2) is 0 Å². The van der Waals surface area contributed by atoms with Gasteiger partial charge in [-0.2, -0.15) is 28.1 Å². The molecule has 0 bridgehead atoms. The Kier molecular flexibility index (Phi) is 8.00. The van der Waals surface area contributed by atoms with E-state index in [1.165, 1.54) is 17.8 Å². The van der Waals surface area contributed by atoms with Gasteiger partial charge < -0.3 is 15.3 Å². The number of aliphatic hydroxyl groups is 1. The smallest absolute Gasteiger partial charge is 0.395 e. The van der Waals surface area contributed by atoms with Gasteiger partial charge in [0.1, 0.15) is 5.82 Å². The summed E-state index contributed by atoms with van der Waals surface area (Å²) in [6.07, 6.45) is -4.58. The zero-order chi connectivity index (χ0) is 25.0. The Balaban J connectivity index is 1.55. The maximum Gasteiger partial charge on any atom is 0.418 e. The largest absolute Gasteiger partial charge is 0.418 e. The fourth-order valence-electron chi connectivity index (χ4n) is 3.67. The molecule has 1 aliphatic heterocycles. The molecule has 2 N–H and O–H groups in total. The highest BCUT2D eigenvalue weighted by Crippen LogP contribution is 2.39. The van der Waals surface area contributed by atoms with Crippen molar-refractivity contribution in [1.29, 1.82) is 0 Å². The average molecular weight is 525 g/mol. The summed E-state index contributed by atoms with van der Waals surface area (Å²) >= 11 is 7.11. The number of alkyl halides is 3. The van der Waals surface area contributed by atoms with E-state index in [9.17, 15) is 13.2 Å². The molecule has 0 unspecified atom stereocenters. The summed E-state index contributed by atoms with van der Waals surface area (Å²) in [5.74, 6) is 0.861. The Hall–Kier alpha value is -2.60. The van der Waals surface area contributed by atoms with Gasteiger partial charge in [0.2, 0.25) is 11.9 Å². The first-order valence-electron chi connectivity index (χ1n) is 10.9. The number of anilines is 3. The van der Waals surface area contributed by atoms with Gasteiger partial charge >= 0.3 is 6.18 Å². The molecule has 0 aliphatic carbocycles. The molecule has 0 radical (unpaired) electrons. The van der Waals surface area contributed by atoms with Gasteiger partial charge in [0, 0.05) is 47.5 Å². The molecule has 1 aromatic heterocycles.